The molecule has 1 fully saturated rings. The van der Waals surface area contributed by atoms with Gasteiger partial charge in [-0.1, -0.05) is 72.0 Å². The Labute approximate surface area is 163 Å². The third-order valence-corrected chi connectivity index (χ3v) is 5.23. The molecule has 0 radical (unpaired) electrons. The van der Waals surface area contributed by atoms with E-state index in [1.807, 2.05) is 42.5 Å². The molecule has 5 heteroatoms. The number of carbonyl (C=O) groups excluding carboxylic acids is 1. The summed E-state index contributed by atoms with van der Waals surface area (Å²) in [6, 6.07) is 15.9. The number of rotatable bonds is 6. The quantitative estimate of drug-likeness (QED) is 0.402. The highest BCUT2D eigenvalue weighted by Crippen LogP contribution is 2.32. The Morgan fingerprint density at radius 2 is 2.00 bits per heavy atom. The molecule has 0 spiro atoms. The van der Waals surface area contributed by atoms with Gasteiger partial charge in [0.1, 0.15) is 16.7 Å². The number of hydrogen-bond donors (Lipinski definition) is 0. The lowest BCUT2D eigenvalue weighted by Gasteiger charge is -2.10. The smallest absolute Gasteiger partial charge is 0.266 e. The van der Waals surface area contributed by atoms with Crippen LogP contribution in [0.25, 0.3) is 6.08 Å². The summed E-state index contributed by atoms with van der Waals surface area (Å²) in [7, 11) is 0. The monoisotopic (exact) mass is 381 g/mol. The average Bonchev–Trinajstić information content (AvgIpc) is 2.89. The Morgan fingerprint density at radius 1 is 1.23 bits per heavy atom. The zero-order valence-corrected chi connectivity index (χ0v) is 16.1. The van der Waals surface area contributed by atoms with Gasteiger partial charge in [-0.2, -0.15) is 0 Å². The van der Waals surface area contributed by atoms with Gasteiger partial charge in [-0.15, -0.1) is 6.58 Å². The highest BCUT2D eigenvalue weighted by atomic mass is 32.2. The van der Waals surface area contributed by atoms with Crippen LogP contribution in [-0.2, 0) is 11.4 Å². The molecule has 0 atom stereocenters. The fourth-order valence-electron chi connectivity index (χ4n) is 2.57. The first-order valence-electron chi connectivity index (χ1n) is 8.21. The van der Waals surface area contributed by atoms with Crippen molar-refractivity contribution in [3.8, 4) is 5.75 Å². The van der Waals surface area contributed by atoms with Crippen molar-refractivity contribution < 1.29 is 9.53 Å². The molecule has 26 heavy (non-hydrogen) atoms. The molecule has 2 aromatic carbocycles. The van der Waals surface area contributed by atoms with E-state index in [4.69, 9.17) is 17.0 Å². The van der Waals surface area contributed by atoms with Crippen LogP contribution in [0.5, 0.6) is 5.75 Å². The Kier molecular flexibility index (Phi) is 5.91. The largest absolute Gasteiger partial charge is 0.489 e. The van der Waals surface area contributed by atoms with Gasteiger partial charge in [0.15, 0.2) is 0 Å². The molecule has 0 aliphatic carbocycles. The minimum Gasteiger partial charge on any atom is -0.489 e. The molecule has 0 saturated carbocycles. The summed E-state index contributed by atoms with van der Waals surface area (Å²) in [4.78, 5) is 14.5. The van der Waals surface area contributed by atoms with Gasteiger partial charge in [-0.05, 0) is 36.3 Å². The molecule has 0 aromatic heterocycles. The normalized spacial score (nSPS) is 15.6. The van der Waals surface area contributed by atoms with Crippen molar-refractivity contribution in [2.75, 3.05) is 6.54 Å². The summed E-state index contributed by atoms with van der Waals surface area (Å²) in [6.07, 6.45) is 3.53. The molecular formula is C21H19NO2S2. The predicted octanol–water partition coefficient (Wildman–Crippen LogP) is 4.96. The molecule has 132 valence electrons. The fourth-order valence-corrected chi connectivity index (χ4v) is 3.84. The van der Waals surface area contributed by atoms with E-state index in [1.54, 1.807) is 11.0 Å². The van der Waals surface area contributed by atoms with Gasteiger partial charge in [0.25, 0.3) is 5.91 Å². The molecule has 1 amide bonds. The number of thiocarbonyl (C=S) groups is 1. The van der Waals surface area contributed by atoms with Gasteiger partial charge in [0.2, 0.25) is 0 Å². The molecule has 3 nitrogen and oxygen atoms in total. The molecule has 3 rings (SSSR count). The van der Waals surface area contributed by atoms with Crippen molar-refractivity contribution in [2.45, 2.75) is 13.5 Å². The third-order valence-electron chi connectivity index (χ3n) is 3.85. The molecular weight excluding hydrogens is 362 g/mol. The number of nitrogens with zero attached hydrogens (tertiary/aromatic N) is 1. The Bertz CT molecular complexity index is 872. The van der Waals surface area contributed by atoms with Crippen molar-refractivity contribution in [2.24, 2.45) is 0 Å². The maximum absolute atomic E-state index is 12.3. The highest BCUT2D eigenvalue weighted by molar-refractivity contribution is 8.26. The van der Waals surface area contributed by atoms with Crippen LogP contribution in [0.3, 0.4) is 0 Å². The van der Waals surface area contributed by atoms with Gasteiger partial charge in [-0.3, -0.25) is 9.69 Å². The zero-order chi connectivity index (χ0) is 18.5. The summed E-state index contributed by atoms with van der Waals surface area (Å²) < 4.78 is 6.40. The fraction of sp³-hybridized carbons (Fsp3) is 0.143. The molecule has 1 heterocycles. The second-order valence-corrected chi connectivity index (χ2v) is 7.60. The molecule has 1 aliphatic rings. The van der Waals surface area contributed by atoms with Crippen molar-refractivity contribution in [1.29, 1.82) is 0 Å². The van der Waals surface area contributed by atoms with Crippen LogP contribution in [0.1, 0.15) is 16.7 Å². The number of hydrogen-bond acceptors (Lipinski definition) is 4. The second-order valence-electron chi connectivity index (χ2n) is 5.93. The lowest BCUT2D eigenvalue weighted by Crippen LogP contribution is -2.27. The third kappa shape index (κ3) is 4.42. The lowest BCUT2D eigenvalue weighted by atomic mass is 10.1. The van der Waals surface area contributed by atoms with Crippen LogP contribution in [0, 0.1) is 6.92 Å². The number of thioether (sulfide) groups is 1. The maximum atomic E-state index is 12.3. The summed E-state index contributed by atoms with van der Waals surface area (Å²) in [5, 5.41) is 0. The topological polar surface area (TPSA) is 29.5 Å². The molecule has 1 aliphatic heterocycles. The lowest BCUT2D eigenvalue weighted by molar-refractivity contribution is -0.121. The van der Waals surface area contributed by atoms with E-state index < -0.39 is 0 Å². The van der Waals surface area contributed by atoms with Crippen molar-refractivity contribution in [3.63, 3.8) is 0 Å². The van der Waals surface area contributed by atoms with E-state index in [0.717, 1.165) is 16.9 Å². The minimum atomic E-state index is -0.0697. The number of benzene rings is 2. The van der Waals surface area contributed by atoms with E-state index >= 15 is 0 Å². The summed E-state index contributed by atoms with van der Waals surface area (Å²) in [6.45, 7) is 6.69. The first-order chi connectivity index (χ1) is 12.6. The number of carbonyl (C=O) groups is 1. The molecule has 1 saturated heterocycles. The minimum absolute atomic E-state index is 0.0697. The summed E-state index contributed by atoms with van der Waals surface area (Å²) in [5.74, 6) is 0.725. The van der Waals surface area contributed by atoms with Crippen molar-refractivity contribution >= 4 is 40.3 Å². The Balaban J connectivity index is 1.65. The van der Waals surface area contributed by atoms with Gasteiger partial charge in [0, 0.05) is 6.54 Å². The van der Waals surface area contributed by atoms with Crippen LogP contribution in [-0.4, -0.2) is 21.7 Å². The van der Waals surface area contributed by atoms with Gasteiger partial charge < -0.3 is 4.74 Å². The van der Waals surface area contributed by atoms with Gasteiger partial charge in [-0.25, -0.2) is 0 Å². The van der Waals surface area contributed by atoms with E-state index in [2.05, 4.69) is 25.6 Å². The van der Waals surface area contributed by atoms with E-state index in [9.17, 15) is 4.79 Å². The number of aryl methyl sites for hydroxylation is 1. The van der Waals surface area contributed by atoms with Crippen molar-refractivity contribution in [3.05, 3.63) is 82.8 Å². The molecule has 0 unspecified atom stereocenters. The van der Waals surface area contributed by atoms with Crippen LogP contribution in [0.4, 0.5) is 0 Å². The Morgan fingerprint density at radius 3 is 2.69 bits per heavy atom. The molecule has 2 aromatic rings. The van der Waals surface area contributed by atoms with Gasteiger partial charge in [0.05, 0.1) is 4.91 Å². The number of ether oxygens (including phenoxy) is 1. The van der Waals surface area contributed by atoms with Gasteiger partial charge >= 0.3 is 0 Å². The SMILES string of the molecule is C=CCN1C(=O)/C(=C\c2ccc(OCc3cccc(C)c3)cc2)SC1=S. The summed E-state index contributed by atoms with van der Waals surface area (Å²) in [5.41, 5.74) is 3.29. The second kappa shape index (κ2) is 8.34. The van der Waals surface area contributed by atoms with E-state index in [-0.39, 0.29) is 5.91 Å². The first kappa shape index (κ1) is 18.4. The molecule has 0 N–H and O–H groups in total. The van der Waals surface area contributed by atoms with Crippen LogP contribution < -0.4 is 4.74 Å². The van der Waals surface area contributed by atoms with Crippen LogP contribution in [0.2, 0.25) is 0 Å². The predicted molar refractivity (Wildman–Crippen MR) is 112 cm³/mol. The highest BCUT2D eigenvalue weighted by Gasteiger charge is 2.30. The Hall–Kier alpha value is -2.37. The maximum Gasteiger partial charge on any atom is 0.266 e. The molecule has 0 bridgehead atoms. The zero-order valence-electron chi connectivity index (χ0n) is 14.5. The van der Waals surface area contributed by atoms with Crippen LogP contribution >= 0.6 is 24.0 Å². The first-order valence-corrected chi connectivity index (χ1v) is 9.44. The van der Waals surface area contributed by atoms with E-state index in [1.165, 1.54) is 17.3 Å². The van der Waals surface area contributed by atoms with Crippen LogP contribution in [0.15, 0.2) is 66.1 Å². The standard InChI is InChI=1S/C21H19NO2S2/c1-3-11-22-20(23)19(26-21(22)25)13-16-7-9-18(10-8-16)24-14-17-6-4-5-15(2)12-17/h3-10,12-13H,1,11,14H2,2H3/b19-13+. The van der Waals surface area contributed by atoms with E-state index in [0.29, 0.717) is 22.4 Å². The summed E-state index contributed by atoms with van der Waals surface area (Å²) >= 11 is 6.57. The average molecular weight is 382 g/mol. The van der Waals surface area contributed by atoms with Crippen molar-refractivity contribution in [1.82, 2.24) is 4.90 Å². The number of amides is 1.